The first kappa shape index (κ1) is 14.7. The monoisotopic (exact) mass is 276 g/mol. The van der Waals surface area contributed by atoms with Gasteiger partial charge in [0.2, 0.25) is 0 Å². The van der Waals surface area contributed by atoms with Crippen LogP contribution >= 0.6 is 19.9 Å². The van der Waals surface area contributed by atoms with Crippen LogP contribution in [-0.2, 0) is 0 Å². The second kappa shape index (κ2) is 6.01. The normalized spacial score (nSPS) is 21.5. The van der Waals surface area contributed by atoms with Gasteiger partial charge in [0, 0.05) is 0 Å². The standard InChI is InChI=1S/C12H21N2OP.ClH/c1-2-14-7-9-16(15,10-8-14)12-5-3-11(13)4-6-12;/h3-6,15-16H,2,7-10,13H2,1H3;1H. The number of hydrogen-bond donors (Lipinski definition) is 2. The van der Waals surface area contributed by atoms with E-state index in [4.69, 9.17) is 5.73 Å². The summed E-state index contributed by atoms with van der Waals surface area (Å²) < 4.78 is 0. The summed E-state index contributed by atoms with van der Waals surface area (Å²) in [6.07, 6.45) is 1.90. The Morgan fingerprint density at radius 2 is 1.76 bits per heavy atom. The van der Waals surface area contributed by atoms with Gasteiger partial charge < -0.3 is 0 Å². The van der Waals surface area contributed by atoms with Crippen LogP contribution in [0.3, 0.4) is 0 Å². The first-order valence-electron chi connectivity index (χ1n) is 5.95. The van der Waals surface area contributed by atoms with Crippen molar-refractivity contribution < 1.29 is 4.89 Å². The van der Waals surface area contributed by atoms with E-state index < -0.39 is 7.49 Å². The van der Waals surface area contributed by atoms with Gasteiger partial charge in [-0.3, -0.25) is 0 Å². The van der Waals surface area contributed by atoms with Gasteiger partial charge in [0.05, 0.1) is 0 Å². The summed E-state index contributed by atoms with van der Waals surface area (Å²) in [6, 6.07) is 7.80. The van der Waals surface area contributed by atoms with Crippen molar-refractivity contribution in [1.29, 1.82) is 0 Å². The van der Waals surface area contributed by atoms with Crippen molar-refractivity contribution in [3.05, 3.63) is 24.3 Å². The number of nitrogens with zero attached hydrogens (tertiary/aromatic N) is 1. The van der Waals surface area contributed by atoms with Gasteiger partial charge in [-0.2, -0.15) is 0 Å². The fraction of sp³-hybridized carbons (Fsp3) is 0.500. The first-order valence-corrected chi connectivity index (χ1v) is 8.31. The quantitative estimate of drug-likeness (QED) is 0.633. The van der Waals surface area contributed by atoms with E-state index in [0.717, 1.165) is 43.0 Å². The second-order valence-electron chi connectivity index (χ2n) is 4.59. The molecule has 3 N–H and O–H groups in total. The third-order valence-corrected chi connectivity index (χ3v) is 7.09. The molecule has 0 spiro atoms. The largest absolute Gasteiger partial charge is 0.147 e. The maximum absolute atomic E-state index is 10.7. The van der Waals surface area contributed by atoms with E-state index in [1.54, 1.807) is 0 Å². The van der Waals surface area contributed by atoms with Crippen molar-refractivity contribution in [2.75, 3.05) is 37.7 Å². The van der Waals surface area contributed by atoms with Crippen molar-refractivity contribution in [3.8, 4) is 0 Å². The third kappa shape index (κ3) is 3.32. The molecule has 3 nitrogen and oxygen atoms in total. The van der Waals surface area contributed by atoms with E-state index in [-0.39, 0.29) is 12.4 Å². The molecule has 0 bridgehead atoms. The van der Waals surface area contributed by atoms with Crippen LogP contribution < -0.4 is 11.0 Å². The number of anilines is 1. The SMILES string of the molecule is CCN1CC[PH](O)(c2ccc(N)cc2)CC1.Cl. The molecule has 2 rings (SSSR count). The molecule has 1 aromatic rings. The molecule has 1 saturated heterocycles. The molecule has 0 amide bonds. The molecule has 0 aromatic heterocycles. The maximum atomic E-state index is 10.7. The van der Waals surface area contributed by atoms with Crippen LogP contribution in [0.4, 0.5) is 5.69 Å². The Balaban J connectivity index is 0.00000144. The predicted molar refractivity (Wildman–Crippen MR) is 80.1 cm³/mol. The summed E-state index contributed by atoms with van der Waals surface area (Å²) in [4.78, 5) is 13.1. The van der Waals surface area contributed by atoms with Crippen molar-refractivity contribution >= 4 is 30.9 Å². The van der Waals surface area contributed by atoms with E-state index >= 15 is 0 Å². The molecule has 0 atom stereocenters. The van der Waals surface area contributed by atoms with Gasteiger partial charge in [-0.05, 0) is 0 Å². The summed E-state index contributed by atoms with van der Waals surface area (Å²) in [5.41, 5.74) is 6.44. The van der Waals surface area contributed by atoms with Crippen molar-refractivity contribution in [3.63, 3.8) is 0 Å². The Hall–Kier alpha value is -0.340. The molecule has 0 saturated carbocycles. The Labute approximate surface area is 110 Å². The fourth-order valence-electron chi connectivity index (χ4n) is 2.32. The van der Waals surface area contributed by atoms with Gasteiger partial charge in [-0.15, -0.1) is 12.4 Å². The van der Waals surface area contributed by atoms with Gasteiger partial charge in [0.15, 0.2) is 0 Å². The number of rotatable bonds is 2. The minimum absolute atomic E-state index is 0. The summed E-state index contributed by atoms with van der Waals surface area (Å²) in [6.45, 7) is 5.33. The van der Waals surface area contributed by atoms with E-state index in [2.05, 4.69) is 11.8 Å². The van der Waals surface area contributed by atoms with Crippen LogP contribution in [0.25, 0.3) is 0 Å². The number of nitrogen functional groups attached to an aromatic ring is 1. The van der Waals surface area contributed by atoms with Crippen molar-refractivity contribution in [1.82, 2.24) is 4.90 Å². The van der Waals surface area contributed by atoms with E-state index in [9.17, 15) is 4.89 Å². The molecular formula is C12H22ClN2OP. The second-order valence-corrected chi connectivity index (χ2v) is 8.23. The molecular weight excluding hydrogens is 255 g/mol. The molecule has 98 valence electrons. The summed E-state index contributed by atoms with van der Waals surface area (Å²) in [5.74, 6) is 0. The fourth-order valence-corrected chi connectivity index (χ4v) is 5.31. The van der Waals surface area contributed by atoms with Crippen LogP contribution in [0, 0.1) is 0 Å². The zero-order valence-electron chi connectivity index (χ0n) is 10.2. The zero-order chi connectivity index (χ0) is 11.6. The topological polar surface area (TPSA) is 49.5 Å². The Morgan fingerprint density at radius 1 is 1.24 bits per heavy atom. The van der Waals surface area contributed by atoms with Gasteiger partial charge >= 0.3 is 97.2 Å². The first-order chi connectivity index (χ1) is 7.64. The number of halogens is 1. The zero-order valence-corrected chi connectivity index (χ0v) is 12.0. The molecule has 1 aliphatic rings. The molecule has 1 aromatic carbocycles. The Morgan fingerprint density at radius 3 is 2.24 bits per heavy atom. The molecule has 0 aliphatic carbocycles. The average molecular weight is 277 g/mol. The molecule has 0 radical (unpaired) electrons. The van der Waals surface area contributed by atoms with Gasteiger partial charge in [-0.1, -0.05) is 0 Å². The van der Waals surface area contributed by atoms with Crippen molar-refractivity contribution in [2.45, 2.75) is 6.92 Å². The van der Waals surface area contributed by atoms with Crippen LogP contribution in [-0.4, -0.2) is 41.8 Å². The number of benzene rings is 1. The molecule has 1 fully saturated rings. The Kier molecular flexibility index (Phi) is 5.21. The Bertz CT molecular complexity index is 350. The minimum Gasteiger partial charge on any atom is -0.147 e. The van der Waals surface area contributed by atoms with Crippen LogP contribution in [0.2, 0.25) is 0 Å². The van der Waals surface area contributed by atoms with E-state index in [1.165, 1.54) is 0 Å². The van der Waals surface area contributed by atoms with Gasteiger partial charge in [-0.25, -0.2) is 0 Å². The van der Waals surface area contributed by atoms with E-state index in [0.29, 0.717) is 0 Å². The number of hydrogen-bond acceptors (Lipinski definition) is 3. The molecule has 5 heteroatoms. The molecule has 17 heavy (non-hydrogen) atoms. The summed E-state index contributed by atoms with van der Waals surface area (Å²) >= 11 is 0. The van der Waals surface area contributed by atoms with Gasteiger partial charge in [0.1, 0.15) is 0 Å². The maximum Gasteiger partial charge on any atom is -0.147 e. The predicted octanol–water partition coefficient (Wildman–Crippen LogP) is 1.31. The van der Waals surface area contributed by atoms with Crippen molar-refractivity contribution in [2.24, 2.45) is 0 Å². The molecule has 0 unspecified atom stereocenters. The smallest absolute Gasteiger partial charge is 0.147 e. The van der Waals surface area contributed by atoms with E-state index in [1.807, 2.05) is 24.3 Å². The molecule has 1 aliphatic heterocycles. The van der Waals surface area contributed by atoms with Gasteiger partial charge in [0.25, 0.3) is 0 Å². The summed E-state index contributed by atoms with van der Waals surface area (Å²) in [5, 5.41) is 1.14. The number of nitrogens with two attached hydrogens (primary N) is 1. The molecule has 1 heterocycles. The minimum atomic E-state index is -2.19. The van der Waals surface area contributed by atoms with Crippen LogP contribution in [0.15, 0.2) is 24.3 Å². The third-order valence-electron chi connectivity index (χ3n) is 3.58. The summed E-state index contributed by atoms with van der Waals surface area (Å²) in [7, 11) is -2.19. The average Bonchev–Trinajstić information content (AvgIpc) is 2.31. The van der Waals surface area contributed by atoms with Crippen LogP contribution in [0.5, 0.6) is 0 Å². The van der Waals surface area contributed by atoms with Crippen LogP contribution in [0.1, 0.15) is 6.92 Å².